The molecule has 8 nitrogen and oxygen atoms in total. The van der Waals surface area contributed by atoms with Crippen molar-refractivity contribution in [2.75, 3.05) is 13.1 Å². The maximum Gasteiger partial charge on any atom is 0.261 e. The molecule has 1 aromatic carbocycles. The smallest absolute Gasteiger partial charge is 0.261 e. The number of benzene rings is 1. The van der Waals surface area contributed by atoms with Crippen LogP contribution in [0.3, 0.4) is 0 Å². The molecule has 0 bridgehead atoms. The van der Waals surface area contributed by atoms with Gasteiger partial charge in [0.1, 0.15) is 5.76 Å². The molecule has 1 saturated heterocycles. The Balaban J connectivity index is 1.32. The third-order valence-corrected chi connectivity index (χ3v) is 4.90. The SMILES string of the molecule is O=C(NCCn1cnc2ccccc2c1=O)[C@@H]1CC(=O)N(Cc2ccco2)C1. The normalized spacial score (nSPS) is 16.6. The second kappa shape index (κ2) is 7.67. The minimum atomic E-state index is -0.395. The van der Waals surface area contributed by atoms with Crippen molar-refractivity contribution in [3.63, 3.8) is 0 Å². The summed E-state index contributed by atoms with van der Waals surface area (Å²) in [6.45, 7) is 1.34. The fraction of sp³-hybridized carbons (Fsp3) is 0.300. The topological polar surface area (TPSA) is 97.4 Å². The Kier molecular flexibility index (Phi) is 4.92. The van der Waals surface area contributed by atoms with Crippen molar-refractivity contribution in [3.05, 3.63) is 65.1 Å². The summed E-state index contributed by atoms with van der Waals surface area (Å²) in [7, 11) is 0. The van der Waals surface area contributed by atoms with Gasteiger partial charge in [-0.15, -0.1) is 0 Å². The zero-order valence-corrected chi connectivity index (χ0v) is 15.2. The highest BCUT2D eigenvalue weighted by Crippen LogP contribution is 2.20. The van der Waals surface area contributed by atoms with Crippen LogP contribution in [0.4, 0.5) is 0 Å². The Morgan fingerprint density at radius 3 is 2.89 bits per heavy atom. The summed E-state index contributed by atoms with van der Waals surface area (Å²) in [5.74, 6) is 0.0510. The van der Waals surface area contributed by atoms with Crippen LogP contribution in [0.2, 0.25) is 0 Å². The fourth-order valence-corrected chi connectivity index (χ4v) is 3.40. The summed E-state index contributed by atoms with van der Waals surface area (Å²) in [6, 6.07) is 10.7. The summed E-state index contributed by atoms with van der Waals surface area (Å²) in [4.78, 5) is 42.9. The summed E-state index contributed by atoms with van der Waals surface area (Å²) < 4.78 is 6.74. The molecule has 28 heavy (non-hydrogen) atoms. The first-order valence-corrected chi connectivity index (χ1v) is 9.14. The highest BCUT2D eigenvalue weighted by molar-refractivity contribution is 5.89. The van der Waals surface area contributed by atoms with Gasteiger partial charge in [-0.25, -0.2) is 4.98 Å². The van der Waals surface area contributed by atoms with Crippen molar-refractivity contribution >= 4 is 22.7 Å². The molecule has 1 aliphatic rings. The van der Waals surface area contributed by atoms with Crippen LogP contribution < -0.4 is 10.9 Å². The van der Waals surface area contributed by atoms with Crippen molar-refractivity contribution in [2.45, 2.75) is 19.5 Å². The Hall–Kier alpha value is -3.42. The van der Waals surface area contributed by atoms with E-state index >= 15 is 0 Å². The first-order valence-electron chi connectivity index (χ1n) is 9.14. The van der Waals surface area contributed by atoms with Crippen LogP contribution in [0.1, 0.15) is 12.2 Å². The van der Waals surface area contributed by atoms with E-state index in [1.807, 2.05) is 6.07 Å². The van der Waals surface area contributed by atoms with Crippen LogP contribution in [-0.4, -0.2) is 39.4 Å². The molecule has 4 rings (SSSR count). The standard InChI is InChI=1S/C20H20N4O4/c25-18-10-14(11-24(18)12-15-4-3-9-28-15)19(26)21-7-8-23-13-22-17-6-2-1-5-16(17)20(23)27/h1-6,9,13-14H,7-8,10-12H2,(H,21,26)/t14-/m1/s1. The van der Waals surface area contributed by atoms with Crippen molar-refractivity contribution in [1.82, 2.24) is 19.8 Å². The first kappa shape index (κ1) is 18.0. The predicted molar refractivity (Wildman–Crippen MR) is 101 cm³/mol. The van der Waals surface area contributed by atoms with Crippen LogP contribution >= 0.6 is 0 Å². The zero-order chi connectivity index (χ0) is 19.5. The van der Waals surface area contributed by atoms with Gasteiger partial charge >= 0.3 is 0 Å². The zero-order valence-electron chi connectivity index (χ0n) is 15.2. The second-order valence-corrected chi connectivity index (χ2v) is 6.81. The number of aromatic nitrogens is 2. The van der Waals surface area contributed by atoms with Crippen LogP contribution in [-0.2, 0) is 22.7 Å². The molecule has 1 fully saturated rings. The number of hydrogen-bond donors (Lipinski definition) is 1. The number of nitrogens with zero attached hydrogens (tertiary/aromatic N) is 3. The van der Waals surface area contributed by atoms with Crippen LogP contribution in [0.15, 0.2) is 58.2 Å². The van der Waals surface area contributed by atoms with E-state index in [0.29, 0.717) is 42.8 Å². The van der Waals surface area contributed by atoms with Gasteiger partial charge in [-0.1, -0.05) is 12.1 Å². The number of rotatable bonds is 6. The van der Waals surface area contributed by atoms with Crippen molar-refractivity contribution in [2.24, 2.45) is 5.92 Å². The quantitative estimate of drug-likeness (QED) is 0.692. The summed E-state index contributed by atoms with van der Waals surface area (Å²) in [5.41, 5.74) is 0.509. The average Bonchev–Trinajstić information content (AvgIpc) is 3.34. The van der Waals surface area contributed by atoms with Gasteiger partial charge < -0.3 is 14.6 Å². The second-order valence-electron chi connectivity index (χ2n) is 6.81. The number of amides is 2. The number of likely N-dealkylation sites (tertiary alicyclic amines) is 1. The van der Waals surface area contributed by atoms with E-state index in [0.717, 1.165) is 0 Å². The van der Waals surface area contributed by atoms with E-state index in [1.54, 1.807) is 41.5 Å². The van der Waals surface area contributed by atoms with Gasteiger partial charge in [0.25, 0.3) is 5.56 Å². The van der Waals surface area contributed by atoms with E-state index < -0.39 is 5.92 Å². The average molecular weight is 380 g/mol. The largest absolute Gasteiger partial charge is 0.467 e. The molecule has 2 amide bonds. The highest BCUT2D eigenvalue weighted by Gasteiger charge is 2.34. The molecule has 1 atom stereocenters. The lowest BCUT2D eigenvalue weighted by atomic mass is 10.1. The number of furan rings is 1. The van der Waals surface area contributed by atoms with Gasteiger partial charge in [0.05, 0.1) is 36.0 Å². The Labute approximate surface area is 160 Å². The van der Waals surface area contributed by atoms with E-state index in [2.05, 4.69) is 10.3 Å². The lowest BCUT2D eigenvalue weighted by molar-refractivity contribution is -0.129. The van der Waals surface area contributed by atoms with Gasteiger partial charge in [0, 0.05) is 26.1 Å². The van der Waals surface area contributed by atoms with Gasteiger partial charge in [-0.05, 0) is 24.3 Å². The molecule has 0 unspecified atom stereocenters. The lowest BCUT2D eigenvalue weighted by Gasteiger charge is -2.15. The van der Waals surface area contributed by atoms with Crippen LogP contribution in [0, 0.1) is 5.92 Å². The van der Waals surface area contributed by atoms with Crippen molar-refractivity contribution in [3.8, 4) is 0 Å². The van der Waals surface area contributed by atoms with Crippen molar-refractivity contribution in [1.29, 1.82) is 0 Å². The van der Waals surface area contributed by atoms with Crippen LogP contribution in [0.5, 0.6) is 0 Å². The molecule has 0 saturated carbocycles. The lowest BCUT2D eigenvalue weighted by Crippen LogP contribution is -2.36. The molecule has 1 N–H and O–H groups in total. The Bertz CT molecular complexity index is 1060. The van der Waals surface area contributed by atoms with Gasteiger partial charge in [0.2, 0.25) is 11.8 Å². The minimum absolute atomic E-state index is 0.0634. The molecule has 1 aliphatic heterocycles. The summed E-state index contributed by atoms with van der Waals surface area (Å²) in [5, 5.41) is 3.37. The fourth-order valence-electron chi connectivity index (χ4n) is 3.40. The number of hydrogen-bond acceptors (Lipinski definition) is 5. The van der Waals surface area contributed by atoms with E-state index in [9.17, 15) is 14.4 Å². The van der Waals surface area contributed by atoms with Crippen LogP contribution in [0.25, 0.3) is 10.9 Å². The third-order valence-electron chi connectivity index (χ3n) is 4.90. The first-order chi connectivity index (χ1) is 13.6. The molecule has 0 spiro atoms. The molecular weight excluding hydrogens is 360 g/mol. The van der Waals surface area contributed by atoms with E-state index in [-0.39, 0.29) is 23.8 Å². The van der Waals surface area contributed by atoms with Gasteiger partial charge in [-0.2, -0.15) is 0 Å². The number of carbonyl (C=O) groups excluding carboxylic acids is 2. The number of para-hydroxylation sites is 1. The maximum atomic E-state index is 12.4. The molecular formula is C20H20N4O4. The molecule has 3 aromatic rings. The summed E-state index contributed by atoms with van der Waals surface area (Å²) >= 11 is 0. The Morgan fingerprint density at radius 1 is 1.21 bits per heavy atom. The molecule has 144 valence electrons. The monoisotopic (exact) mass is 380 g/mol. The van der Waals surface area contributed by atoms with E-state index in [1.165, 1.54) is 10.9 Å². The number of fused-ring (bicyclic) bond motifs is 1. The van der Waals surface area contributed by atoms with Crippen molar-refractivity contribution < 1.29 is 14.0 Å². The van der Waals surface area contributed by atoms with Gasteiger partial charge in [-0.3, -0.25) is 19.0 Å². The minimum Gasteiger partial charge on any atom is -0.467 e. The highest BCUT2D eigenvalue weighted by atomic mass is 16.3. The predicted octanol–water partition coefficient (Wildman–Crippen LogP) is 1.15. The molecule has 0 aliphatic carbocycles. The molecule has 8 heteroatoms. The third kappa shape index (κ3) is 3.66. The Morgan fingerprint density at radius 2 is 2.07 bits per heavy atom. The van der Waals surface area contributed by atoms with Gasteiger partial charge in [0.15, 0.2) is 0 Å². The molecule has 0 radical (unpaired) electrons. The molecule has 3 heterocycles. The number of carbonyl (C=O) groups is 2. The maximum absolute atomic E-state index is 12.4. The van der Waals surface area contributed by atoms with E-state index in [4.69, 9.17) is 4.42 Å². The molecule has 2 aromatic heterocycles. The number of nitrogens with one attached hydrogen (secondary N) is 1. The summed E-state index contributed by atoms with van der Waals surface area (Å²) in [6.07, 6.45) is 3.23.